The van der Waals surface area contributed by atoms with E-state index in [1.54, 1.807) is 5.57 Å². The first-order chi connectivity index (χ1) is 9.24. The zero-order chi connectivity index (χ0) is 13.7. The van der Waals surface area contributed by atoms with Gasteiger partial charge >= 0.3 is 0 Å². The third-order valence-electron chi connectivity index (χ3n) is 4.43. The van der Waals surface area contributed by atoms with Gasteiger partial charge in [-0.25, -0.2) is 0 Å². The molecule has 2 unspecified atom stereocenters. The summed E-state index contributed by atoms with van der Waals surface area (Å²) in [5.74, 6) is 0.587. The molecule has 0 radical (unpaired) electrons. The zero-order valence-electron chi connectivity index (χ0n) is 12.6. The molecule has 1 heteroatoms. The number of allylic oxidation sites excluding steroid dienone is 5. The van der Waals surface area contributed by atoms with Crippen molar-refractivity contribution in [2.45, 2.75) is 58.4 Å². The first kappa shape index (κ1) is 14.2. The molecule has 2 atom stereocenters. The van der Waals surface area contributed by atoms with Crippen molar-refractivity contribution in [1.82, 2.24) is 5.32 Å². The van der Waals surface area contributed by atoms with Gasteiger partial charge in [0.25, 0.3) is 0 Å². The molecule has 0 aromatic rings. The van der Waals surface area contributed by atoms with Crippen LogP contribution in [0, 0.1) is 5.92 Å². The van der Waals surface area contributed by atoms with Gasteiger partial charge in [-0.2, -0.15) is 0 Å². The van der Waals surface area contributed by atoms with Crippen LogP contribution in [0.5, 0.6) is 0 Å². The SMILES string of the molecule is CCCC1(C2C=C(CC)C=C(CC)C2)C=CC=CN1. The van der Waals surface area contributed by atoms with Crippen molar-refractivity contribution in [2.24, 2.45) is 5.92 Å². The van der Waals surface area contributed by atoms with Crippen LogP contribution in [0.1, 0.15) is 52.9 Å². The molecule has 1 nitrogen and oxygen atoms in total. The van der Waals surface area contributed by atoms with E-state index in [0.717, 1.165) is 6.42 Å². The highest BCUT2D eigenvalue weighted by molar-refractivity contribution is 5.34. The topological polar surface area (TPSA) is 12.0 Å². The minimum absolute atomic E-state index is 0.124. The molecule has 0 saturated carbocycles. The Morgan fingerprint density at radius 2 is 2.05 bits per heavy atom. The van der Waals surface area contributed by atoms with Crippen molar-refractivity contribution in [2.75, 3.05) is 0 Å². The van der Waals surface area contributed by atoms with Gasteiger partial charge in [0.2, 0.25) is 0 Å². The van der Waals surface area contributed by atoms with Crippen LogP contribution in [0.4, 0.5) is 0 Å². The Kier molecular flexibility index (Phi) is 4.68. The molecule has 1 heterocycles. The summed E-state index contributed by atoms with van der Waals surface area (Å²) in [5.41, 5.74) is 3.23. The average molecular weight is 257 g/mol. The molecular weight excluding hydrogens is 230 g/mol. The molecule has 0 aromatic carbocycles. The Hall–Kier alpha value is -1.24. The van der Waals surface area contributed by atoms with E-state index in [1.165, 1.54) is 31.3 Å². The molecule has 0 fully saturated rings. The lowest BCUT2D eigenvalue weighted by Crippen LogP contribution is -2.48. The van der Waals surface area contributed by atoms with E-state index in [2.05, 4.69) is 62.7 Å². The lowest BCUT2D eigenvalue weighted by Gasteiger charge is -2.41. The number of nitrogens with one attached hydrogen (secondary N) is 1. The highest BCUT2D eigenvalue weighted by atomic mass is 15.0. The quantitative estimate of drug-likeness (QED) is 0.739. The van der Waals surface area contributed by atoms with Gasteiger partial charge in [0.05, 0.1) is 5.54 Å². The van der Waals surface area contributed by atoms with Gasteiger partial charge < -0.3 is 5.32 Å². The standard InChI is InChI=1S/C18H27N/c1-4-9-18(10-7-8-11-19-18)17-13-15(5-2)12-16(6-3)14-17/h7-8,10-13,17,19H,4-6,9,14H2,1-3H3. The van der Waals surface area contributed by atoms with Crippen LogP contribution < -0.4 is 5.32 Å². The average Bonchev–Trinajstić information content (AvgIpc) is 2.48. The van der Waals surface area contributed by atoms with Crippen molar-refractivity contribution in [1.29, 1.82) is 0 Å². The van der Waals surface area contributed by atoms with Gasteiger partial charge in [-0.1, -0.05) is 62.6 Å². The summed E-state index contributed by atoms with van der Waals surface area (Å²) in [7, 11) is 0. The van der Waals surface area contributed by atoms with Crippen LogP contribution >= 0.6 is 0 Å². The van der Waals surface area contributed by atoms with Crippen molar-refractivity contribution in [3.05, 3.63) is 47.7 Å². The van der Waals surface area contributed by atoms with Crippen LogP contribution in [0.25, 0.3) is 0 Å². The van der Waals surface area contributed by atoms with Crippen molar-refractivity contribution >= 4 is 0 Å². The van der Waals surface area contributed by atoms with E-state index >= 15 is 0 Å². The maximum Gasteiger partial charge on any atom is 0.0619 e. The predicted octanol–water partition coefficient (Wildman–Crippen LogP) is 4.89. The van der Waals surface area contributed by atoms with Crippen molar-refractivity contribution < 1.29 is 0 Å². The second-order valence-corrected chi connectivity index (χ2v) is 5.71. The first-order valence-electron chi connectivity index (χ1n) is 7.76. The molecule has 0 spiro atoms. The van der Waals surface area contributed by atoms with Gasteiger partial charge in [0.1, 0.15) is 0 Å². The molecule has 104 valence electrons. The van der Waals surface area contributed by atoms with Gasteiger partial charge in [-0.05, 0) is 38.0 Å². The Bertz CT molecular complexity index is 425. The number of hydrogen-bond acceptors (Lipinski definition) is 1. The molecule has 2 aliphatic rings. The van der Waals surface area contributed by atoms with Crippen molar-refractivity contribution in [3.8, 4) is 0 Å². The Morgan fingerprint density at radius 3 is 2.63 bits per heavy atom. The van der Waals surface area contributed by atoms with E-state index < -0.39 is 0 Å². The molecule has 1 aliphatic heterocycles. The molecule has 0 aromatic heterocycles. The summed E-state index contributed by atoms with van der Waals surface area (Å²) >= 11 is 0. The maximum absolute atomic E-state index is 3.65. The second-order valence-electron chi connectivity index (χ2n) is 5.71. The number of hydrogen-bond donors (Lipinski definition) is 1. The molecule has 1 aliphatic carbocycles. The van der Waals surface area contributed by atoms with Crippen LogP contribution in [0.15, 0.2) is 47.7 Å². The van der Waals surface area contributed by atoms with Crippen molar-refractivity contribution in [3.63, 3.8) is 0 Å². The van der Waals surface area contributed by atoms with Crippen LogP contribution in [-0.2, 0) is 0 Å². The fourth-order valence-corrected chi connectivity index (χ4v) is 3.29. The molecule has 19 heavy (non-hydrogen) atoms. The lowest BCUT2D eigenvalue weighted by atomic mass is 9.72. The minimum Gasteiger partial charge on any atom is -0.381 e. The summed E-state index contributed by atoms with van der Waals surface area (Å²) in [6.07, 6.45) is 19.6. The fourth-order valence-electron chi connectivity index (χ4n) is 3.29. The minimum atomic E-state index is 0.124. The maximum atomic E-state index is 3.65. The highest BCUT2D eigenvalue weighted by Gasteiger charge is 2.35. The van der Waals surface area contributed by atoms with Crippen LogP contribution in [-0.4, -0.2) is 5.54 Å². The third-order valence-corrected chi connectivity index (χ3v) is 4.43. The second kappa shape index (κ2) is 6.27. The summed E-state index contributed by atoms with van der Waals surface area (Å²) in [5, 5.41) is 3.65. The fraction of sp³-hybridized carbons (Fsp3) is 0.556. The predicted molar refractivity (Wildman–Crippen MR) is 83.9 cm³/mol. The Morgan fingerprint density at radius 1 is 1.21 bits per heavy atom. The zero-order valence-corrected chi connectivity index (χ0v) is 12.6. The Balaban J connectivity index is 2.28. The molecule has 0 saturated heterocycles. The lowest BCUT2D eigenvalue weighted by molar-refractivity contribution is 0.309. The normalized spacial score (nSPS) is 29.7. The first-order valence-corrected chi connectivity index (χ1v) is 7.76. The smallest absolute Gasteiger partial charge is 0.0619 e. The summed E-state index contributed by atoms with van der Waals surface area (Å²) < 4.78 is 0. The highest BCUT2D eigenvalue weighted by Crippen LogP contribution is 2.37. The van der Waals surface area contributed by atoms with Crippen LogP contribution in [0.2, 0.25) is 0 Å². The van der Waals surface area contributed by atoms with E-state index in [1.807, 2.05) is 0 Å². The molecular formula is C18H27N. The number of dihydropyridines is 1. The van der Waals surface area contributed by atoms with E-state index in [9.17, 15) is 0 Å². The molecule has 0 bridgehead atoms. The van der Waals surface area contributed by atoms with Gasteiger partial charge in [-0.3, -0.25) is 0 Å². The van der Waals surface area contributed by atoms with Gasteiger partial charge in [0, 0.05) is 5.92 Å². The van der Waals surface area contributed by atoms with E-state index in [4.69, 9.17) is 0 Å². The largest absolute Gasteiger partial charge is 0.381 e. The Labute approximate surface area is 118 Å². The van der Waals surface area contributed by atoms with E-state index in [-0.39, 0.29) is 5.54 Å². The van der Waals surface area contributed by atoms with Crippen LogP contribution in [0.3, 0.4) is 0 Å². The van der Waals surface area contributed by atoms with Gasteiger partial charge in [-0.15, -0.1) is 0 Å². The van der Waals surface area contributed by atoms with E-state index in [0.29, 0.717) is 5.92 Å². The summed E-state index contributed by atoms with van der Waals surface area (Å²) in [6.45, 7) is 6.81. The monoisotopic (exact) mass is 257 g/mol. The molecule has 2 rings (SSSR count). The summed E-state index contributed by atoms with van der Waals surface area (Å²) in [4.78, 5) is 0. The molecule has 1 N–H and O–H groups in total. The third kappa shape index (κ3) is 3.02. The molecule has 0 amide bonds. The number of rotatable bonds is 5. The van der Waals surface area contributed by atoms with Gasteiger partial charge in [0.15, 0.2) is 0 Å². The summed E-state index contributed by atoms with van der Waals surface area (Å²) in [6, 6.07) is 0.